The maximum Gasteiger partial charge on any atom is 0.253 e. The zero-order valence-electron chi connectivity index (χ0n) is 14.0. The minimum absolute atomic E-state index is 0.132. The number of anilines is 1. The van der Waals surface area contributed by atoms with Crippen LogP contribution in [0.25, 0.3) is 0 Å². The maximum atomic E-state index is 12.4. The van der Waals surface area contributed by atoms with Gasteiger partial charge in [-0.05, 0) is 87.2 Å². The van der Waals surface area contributed by atoms with Gasteiger partial charge in [0.2, 0.25) is 5.91 Å². The van der Waals surface area contributed by atoms with Gasteiger partial charge in [0, 0.05) is 46.3 Å². The Morgan fingerprint density at radius 3 is 2.28 bits per heavy atom. The molecule has 9 heteroatoms. The molecule has 0 saturated carbocycles. The van der Waals surface area contributed by atoms with Crippen LogP contribution in [0.5, 0.6) is 0 Å². The third-order valence-corrected chi connectivity index (χ3v) is 6.36. The summed E-state index contributed by atoms with van der Waals surface area (Å²) in [6, 6.07) is 1.88. The monoisotopic (exact) mass is 686 g/mol. The Labute approximate surface area is 188 Å². The fraction of sp³-hybridized carbons (Fsp3) is 0.500. The van der Waals surface area contributed by atoms with E-state index < -0.39 is 0 Å². The number of carbonyl (C=O) groups excluding carboxylic acids is 2. The summed E-state index contributed by atoms with van der Waals surface area (Å²) in [6.45, 7) is 3.96. The Morgan fingerprint density at radius 1 is 1.20 bits per heavy atom. The zero-order chi connectivity index (χ0) is 19.1. The molecule has 0 aromatic heterocycles. The summed E-state index contributed by atoms with van der Waals surface area (Å²) < 4.78 is 2.42. The van der Waals surface area contributed by atoms with E-state index >= 15 is 0 Å². The van der Waals surface area contributed by atoms with Crippen LogP contribution in [0.3, 0.4) is 0 Å². The molecule has 0 heterocycles. The molecule has 0 aliphatic carbocycles. The molecule has 1 aromatic carbocycles. The van der Waals surface area contributed by atoms with Crippen molar-refractivity contribution in [1.82, 2.24) is 5.32 Å². The molecule has 0 aliphatic heterocycles. The molecule has 0 unspecified atom stereocenters. The predicted octanol–water partition coefficient (Wildman–Crippen LogP) is 2.59. The van der Waals surface area contributed by atoms with Gasteiger partial charge >= 0.3 is 0 Å². The molecule has 25 heavy (non-hydrogen) atoms. The smallest absolute Gasteiger partial charge is 0.253 e. The fourth-order valence-electron chi connectivity index (χ4n) is 2.26. The summed E-state index contributed by atoms with van der Waals surface area (Å²) >= 11 is 6.40. The van der Waals surface area contributed by atoms with Crippen LogP contribution in [0.15, 0.2) is 6.07 Å². The Hall–Kier alpha value is 0.270. The number of aliphatic hydroxyl groups is 2. The molecule has 2 amide bonds. The largest absolute Gasteiger partial charge is 0.396 e. The lowest BCUT2D eigenvalue weighted by molar-refractivity contribution is -0.116. The number of carbonyl (C=O) groups is 2. The number of aliphatic hydroxyl groups excluding tert-OH is 2. The van der Waals surface area contributed by atoms with Crippen molar-refractivity contribution in [3.8, 4) is 0 Å². The molecule has 0 aliphatic rings. The van der Waals surface area contributed by atoms with Gasteiger partial charge in [0.15, 0.2) is 0 Å². The van der Waals surface area contributed by atoms with Crippen molar-refractivity contribution in [1.29, 1.82) is 0 Å². The zero-order valence-corrected chi connectivity index (χ0v) is 20.5. The van der Waals surface area contributed by atoms with Crippen molar-refractivity contribution >= 4 is 85.3 Å². The summed E-state index contributed by atoms with van der Waals surface area (Å²) in [5.74, 6) is -0.585. The van der Waals surface area contributed by atoms with Crippen LogP contribution in [0, 0.1) is 16.6 Å². The summed E-state index contributed by atoms with van der Waals surface area (Å²) in [6.07, 6.45) is 0.473. The van der Waals surface area contributed by atoms with Gasteiger partial charge in [0.25, 0.3) is 5.91 Å². The van der Waals surface area contributed by atoms with E-state index in [1.165, 1.54) is 6.92 Å². The number of amides is 2. The van der Waals surface area contributed by atoms with Crippen LogP contribution < -0.4 is 10.2 Å². The van der Waals surface area contributed by atoms with Crippen molar-refractivity contribution in [3.05, 3.63) is 22.3 Å². The Balaban J connectivity index is 3.33. The molecular formula is C16H21I3N2O4. The molecular weight excluding hydrogens is 665 g/mol. The Morgan fingerprint density at radius 2 is 1.80 bits per heavy atom. The van der Waals surface area contributed by atoms with Crippen LogP contribution >= 0.6 is 67.8 Å². The van der Waals surface area contributed by atoms with Gasteiger partial charge in [-0.1, -0.05) is 0 Å². The van der Waals surface area contributed by atoms with E-state index in [0.717, 1.165) is 10.7 Å². The van der Waals surface area contributed by atoms with E-state index in [-0.39, 0.29) is 30.9 Å². The van der Waals surface area contributed by atoms with Gasteiger partial charge in [0.1, 0.15) is 0 Å². The van der Waals surface area contributed by atoms with Crippen molar-refractivity contribution < 1.29 is 19.8 Å². The fourth-order valence-corrected chi connectivity index (χ4v) is 6.71. The predicted molar refractivity (Wildman–Crippen MR) is 123 cm³/mol. The summed E-state index contributed by atoms with van der Waals surface area (Å²) in [7, 11) is 0. The SMILES string of the molecule is CCNC(=O)c1c(I)cc(I)c(N(CCC(CO)CO)C(C)=O)c1I. The van der Waals surface area contributed by atoms with Gasteiger partial charge in [-0.25, -0.2) is 0 Å². The maximum absolute atomic E-state index is 12.4. The highest BCUT2D eigenvalue weighted by Gasteiger charge is 2.25. The molecule has 0 saturated heterocycles. The number of hydrogen-bond donors (Lipinski definition) is 3. The molecule has 0 spiro atoms. The molecule has 0 fully saturated rings. The highest BCUT2D eigenvalue weighted by molar-refractivity contribution is 14.1. The van der Waals surface area contributed by atoms with Gasteiger partial charge in [0.05, 0.1) is 14.8 Å². The van der Waals surface area contributed by atoms with Crippen molar-refractivity contribution in [2.75, 3.05) is 31.2 Å². The molecule has 6 nitrogen and oxygen atoms in total. The third-order valence-electron chi connectivity index (χ3n) is 3.64. The van der Waals surface area contributed by atoms with Gasteiger partial charge < -0.3 is 20.4 Å². The highest BCUT2D eigenvalue weighted by atomic mass is 127. The Bertz CT molecular complexity index is 636. The van der Waals surface area contributed by atoms with Crippen LogP contribution in [0.4, 0.5) is 5.69 Å². The first-order valence-corrected chi connectivity index (χ1v) is 11.0. The van der Waals surface area contributed by atoms with E-state index in [4.69, 9.17) is 0 Å². The standard InChI is InChI=1S/C16H21I3N2O4/c1-3-20-16(25)13-11(17)6-12(18)15(14(13)19)21(9(2)24)5-4-10(7-22)8-23/h6,10,22-23H,3-5,7-8H2,1-2H3,(H,20,25). The van der Waals surface area contributed by atoms with Crippen LogP contribution in [-0.4, -0.2) is 48.3 Å². The number of rotatable bonds is 8. The molecule has 1 aromatic rings. The van der Waals surface area contributed by atoms with E-state index in [9.17, 15) is 19.8 Å². The molecule has 3 N–H and O–H groups in total. The lowest BCUT2D eigenvalue weighted by atomic mass is 10.1. The lowest BCUT2D eigenvalue weighted by Gasteiger charge is -2.27. The third kappa shape index (κ3) is 6.14. The summed E-state index contributed by atoms with van der Waals surface area (Å²) in [4.78, 5) is 26.2. The molecule has 0 radical (unpaired) electrons. The highest BCUT2D eigenvalue weighted by Crippen LogP contribution is 2.35. The lowest BCUT2D eigenvalue weighted by Crippen LogP contribution is -2.34. The van der Waals surface area contributed by atoms with Crippen LogP contribution in [-0.2, 0) is 4.79 Å². The first-order valence-electron chi connectivity index (χ1n) is 7.73. The number of benzene rings is 1. The number of hydrogen-bond acceptors (Lipinski definition) is 4. The minimum Gasteiger partial charge on any atom is -0.396 e. The van der Waals surface area contributed by atoms with Crippen molar-refractivity contribution in [2.45, 2.75) is 20.3 Å². The molecule has 1 rings (SSSR count). The molecule has 0 atom stereocenters. The van der Waals surface area contributed by atoms with E-state index in [0.29, 0.717) is 30.8 Å². The van der Waals surface area contributed by atoms with Crippen LogP contribution in [0.2, 0.25) is 0 Å². The number of nitrogens with one attached hydrogen (secondary N) is 1. The van der Waals surface area contributed by atoms with E-state index in [1.54, 1.807) is 4.90 Å². The number of halogens is 3. The minimum atomic E-state index is -0.274. The first-order chi connectivity index (χ1) is 11.8. The number of nitrogens with zero attached hydrogens (tertiary/aromatic N) is 1. The van der Waals surface area contributed by atoms with Gasteiger partial charge in [-0.2, -0.15) is 0 Å². The second kappa shape index (κ2) is 11.2. The molecule has 140 valence electrons. The van der Waals surface area contributed by atoms with Crippen molar-refractivity contribution in [2.24, 2.45) is 5.92 Å². The van der Waals surface area contributed by atoms with Gasteiger partial charge in [-0.3, -0.25) is 9.59 Å². The van der Waals surface area contributed by atoms with E-state index in [2.05, 4.69) is 73.1 Å². The molecule has 0 bridgehead atoms. The Kier molecular flexibility index (Phi) is 10.4. The van der Waals surface area contributed by atoms with Gasteiger partial charge in [-0.15, -0.1) is 0 Å². The average molecular weight is 686 g/mol. The first kappa shape index (κ1) is 23.3. The second-order valence-corrected chi connectivity index (χ2v) is 8.83. The average Bonchev–Trinajstić information content (AvgIpc) is 2.53. The normalized spacial score (nSPS) is 10.9. The summed E-state index contributed by atoms with van der Waals surface area (Å²) in [5.41, 5.74) is 1.26. The van der Waals surface area contributed by atoms with Crippen molar-refractivity contribution in [3.63, 3.8) is 0 Å². The topological polar surface area (TPSA) is 89.9 Å². The van der Waals surface area contributed by atoms with Crippen LogP contribution in [0.1, 0.15) is 30.6 Å². The quantitative estimate of drug-likeness (QED) is 0.368. The second-order valence-electron chi connectivity index (χ2n) is 5.43. The van der Waals surface area contributed by atoms with E-state index in [1.807, 2.05) is 13.0 Å². The summed E-state index contributed by atoms with van der Waals surface area (Å²) in [5, 5.41) is 21.3.